The van der Waals surface area contributed by atoms with E-state index in [2.05, 4.69) is 16.8 Å². The number of nitrogens with one attached hydrogen (secondary N) is 1. The Morgan fingerprint density at radius 1 is 1.17 bits per heavy atom. The summed E-state index contributed by atoms with van der Waals surface area (Å²) in [5.41, 5.74) is -0.133. The highest BCUT2D eigenvalue weighted by Crippen LogP contribution is 2.60. The summed E-state index contributed by atoms with van der Waals surface area (Å²) in [5.74, 6) is 2.62. The van der Waals surface area contributed by atoms with Crippen molar-refractivity contribution in [2.75, 3.05) is 19.7 Å². The zero-order valence-corrected chi connectivity index (χ0v) is 18.6. The fourth-order valence-corrected chi connectivity index (χ4v) is 7.62. The summed E-state index contributed by atoms with van der Waals surface area (Å²) < 4.78 is 5.77. The second-order valence-electron chi connectivity index (χ2n) is 10.2. The van der Waals surface area contributed by atoms with E-state index in [0.717, 1.165) is 56.5 Å². The predicted molar refractivity (Wildman–Crippen MR) is 117 cm³/mol. The standard InChI is InChI=1S/C24H34N2O3S/c27-22(26(15-20-3-1-7-29-20)16-21-4-2-8-30-21)5-6-25-23(28)24-12-17-9-18(13-24)11-19(10-17)14-24/h2,4,8,17-20H,1,3,5-7,9-16H2,(H,25,28). The fourth-order valence-electron chi connectivity index (χ4n) is 6.90. The molecule has 164 valence electrons. The summed E-state index contributed by atoms with van der Waals surface area (Å²) in [6.45, 7) is 2.54. The molecule has 1 aromatic heterocycles. The number of carbonyl (C=O) groups excluding carboxylic acids is 2. The number of amides is 2. The van der Waals surface area contributed by atoms with Gasteiger partial charge in [0.25, 0.3) is 0 Å². The molecule has 1 aromatic rings. The molecule has 4 saturated carbocycles. The van der Waals surface area contributed by atoms with Crippen LogP contribution < -0.4 is 5.32 Å². The summed E-state index contributed by atoms with van der Waals surface area (Å²) in [4.78, 5) is 29.3. The van der Waals surface area contributed by atoms with E-state index >= 15 is 0 Å². The number of hydrogen-bond donors (Lipinski definition) is 1. The molecule has 6 heteroatoms. The van der Waals surface area contributed by atoms with Crippen LogP contribution in [0.5, 0.6) is 0 Å². The van der Waals surface area contributed by atoms with Gasteiger partial charge in [0.1, 0.15) is 0 Å². The lowest BCUT2D eigenvalue weighted by Crippen LogP contribution is -2.53. The molecule has 1 atom stereocenters. The van der Waals surface area contributed by atoms with E-state index in [-0.39, 0.29) is 23.3 Å². The van der Waals surface area contributed by atoms with Crippen LogP contribution in [0.2, 0.25) is 0 Å². The number of thiophene rings is 1. The fraction of sp³-hybridized carbons (Fsp3) is 0.750. The zero-order chi connectivity index (χ0) is 20.6. The minimum atomic E-state index is -0.133. The molecule has 0 radical (unpaired) electrons. The van der Waals surface area contributed by atoms with E-state index in [4.69, 9.17) is 4.74 Å². The molecule has 5 aliphatic rings. The lowest BCUT2D eigenvalue weighted by Gasteiger charge is -2.55. The number of hydrogen-bond acceptors (Lipinski definition) is 4. The van der Waals surface area contributed by atoms with Crippen molar-refractivity contribution in [2.24, 2.45) is 23.2 Å². The van der Waals surface area contributed by atoms with Gasteiger partial charge in [-0.05, 0) is 80.6 Å². The highest BCUT2D eigenvalue weighted by molar-refractivity contribution is 7.09. The van der Waals surface area contributed by atoms with Gasteiger partial charge in [-0.3, -0.25) is 9.59 Å². The van der Waals surface area contributed by atoms with Crippen LogP contribution in [-0.4, -0.2) is 42.5 Å². The minimum Gasteiger partial charge on any atom is -0.376 e. The average molecular weight is 431 g/mol. The van der Waals surface area contributed by atoms with Gasteiger partial charge in [-0.1, -0.05) is 6.07 Å². The molecule has 1 N–H and O–H groups in total. The Morgan fingerprint density at radius 3 is 2.50 bits per heavy atom. The Hall–Kier alpha value is -1.40. The highest BCUT2D eigenvalue weighted by Gasteiger charge is 2.54. The first-order valence-corrected chi connectivity index (χ1v) is 12.7. The van der Waals surface area contributed by atoms with Gasteiger partial charge in [-0.15, -0.1) is 11.3 Å². The molecular formula is C24H34N2O3S. The second-order valence-corrected chi connectivity index (χ2v) is 11.2. The van der Waals surface area contributed by atoms with Gasteiger partial charge in [0.05, 0.1) is 12.6 Å². The highest BCUT2D eigenvalue weighted by atomic mass is 32.1. The van der Waals surface area contributed by atoms with Crippen LogP contribution >= 0.6 is 11.3 Å². The van der Waals surface area contributed by atoms with Gasteiger partial charge < -0.3 is 15.0 Å². The van der Waals surface area contributed by atoms with Gasteiger partial charge in [-0.2, -0.15) is 0 Å². The number of ether oxygens (including phenoxy) is 1. The van der Waals surface area contributed by atoms with Crippen molar-refractivity contribution in [3.63, 3.8) is 0 Å². The molecule has 2 heterocycles. The van der Waals surface area contributed by atoms with Crippen LogP contribution in [0.3, 0.4) is 0 Å². The first-order valence-electron chi connectivity index (χ1n) is 11.8. The van der Waals surface area contributed by atoms with Crippen molar-refractivity contribution in [1.82, 2.24) is 10.2 Å². The molecule has 0 spiro atoms. The van der Waals surface area contributed by atoms with Crippen LogP contribution in [0.4, 0.5) is 0 Å². The minimum absolute atomic E-state index is 0.115. The first-order chi connectivity index (χ1) is 14.6. The number of nitrogens with zero attached hydrogens (tertiary/aromatic N) is 1. The van der Waals surface area contributed by atoms with Gasteiger partial charge >= 0.3 is 0 Å². The monoisotopic (exact) mass is 430 g/mol. The summed E-state index contributed by atoms with van der Waals surface area (Å²) in [5, 5.41) is 5.21. The van der Waals surface area contributed by atoms with Gasteiger partial charge in [-0.25, -0.2) is 0 Å². The van der Waals surface area contributed by atoms with E-state index in [0.29, 0.717) is 26.1 Å². The van der Waals surface area contributed by atoms with E-state index in [1.165, 1.54) is 24.1 Å². The SMILES string of the molecule is O=C(CCNC(=O)C12CC3CC(CC(C3)C1)C2)N(Cc1cccs1)CC1CCCO1. The van der Waals surface area contributed by atoms with Crippen molar-refractivity contribution >= 4 is 23.2 Å². The first kappa shape index (κ1) is 20.5. The van der Waals surface area contributed by atoms with Gasteiger partial charge in [0.2, 0.25) is 11.8 Å². The Kier molecular flexibility index (Phi) is 5.89. The summed E-state index contributed by atoms with van der Waals surface area (Å²) in [7, 11) is 0. The maximum atomic E-state index is 13.1. The molecule has 4 bridgehead atoms. The molecule has 30 heavy (non-hydrogen) atoms. The molecule has 1 unspecified atom stereocenters. The Bertz CT molecular complexity index is 721. The van der Waals surface area contributed by atoms with Crippen LogP contribution in [0.1, 0.15) is 62.7 Å². The lowest BCUT2D eigenvalue weighted by molar-refractivity contribution is -0.146. The van der Waals surface area contributed by atoms with Crippen molar-refractivity contribution in [3.8, 4) is 0 Å². The van der Waals surface area contributed by atoms with Crippen LogP contribution in [0, 0.1) is 23.2 Å². The second kappa shape index (κ2) is 8.62. The summed E-state index contributed by atoms with van der Waals surface area (Å²) >= 11 is 1.68. The van der Waals surface area contributed by atoms with Crippen molar-refractivity contribution < 1.29 is 14.3 Å². The number of carbonyl (C=O) groups is 2. The Balaban J connectivity index is 1.15. The third kappa shape index (κ3) is 4.31. The third-order valence-corrected chi connectivity index (χ3v) is 8.73. The maximum Gasteiger partial charge on any atom is 0.226 e. The van der Waals surface area contributed by atoms with Crippen molar-refractivity contribution in [1.29, 1.82) is 0 Å². The molecule has 1 aliphatic heterocycles. The molecule has 2 amide bonds. The van der Waals surface area contributed by atoms with Crippen LogP contribution in [0.25, 0.3) is 0 Å². The van der Waals surface area contributed by atoms with E-state index in [9.17, 15) is 9.59 Å². The van der Waals surface area contributed by atoms with E-state index < -0.39 is 0 Å². The lowest BCUT2D eigenvalue weighted by atomic mass is 9.49. The number of rotatable bonds is 8. The summed E-state index contributed by atoms with van der Waals surface area (Å²) in [6.07, 6.45) is 9.85. The molecule has 5 nitrogen and oxygen atoms in total. The molecular weight excluding hydrogens is 396 g/mol. The van der Waals surface area contributed by atoms with E-state index in [1.807, 2.05) is 11.0 Å². The molecule has 1 saturated heterocycles. The van der Waals surface area contributed by atoms with Crippen LogP contribution in [-0.2, 0) is 20.9 Å². The largest absolute Gasteiger partial charge is 0.376 e. The normalized spacial score (nSPS) is 34.3. The summed E-state index contributed by atoms with van der Waals surface area (Å²) in [6, 6.07) is 4.11. The van der Waals surface area contributed by atoms with Crippen molar-refractivity contribution in [2.45, 2.75) is 70.4 Å². The topological polar surface area (TPSA) is 58.6 Å². The Morgan fingerprint density at radius 2 is 1.90 bits per heavy atom. The van der Waals surface area contributed by atoms with E-state index in [1.54, 1.807) is 11.3 Å². The molecule has 6 rings (SSSR count). The predicted octanol–water partition coefficient (Wildman–Crippen LogP) is 3.98. The van der Waals surface area contributed by atoms with Crippen LogP contribution in [0.15, 0.2) is 17.5 Å². The zero-order valence-electron chi connectivity index (χ0n) is 17.8. The smallest absolute Gasteiger partial charge is 0.226 e. The quantitative estimate of drug-likeness (QED) is 0.679. The maximum absolute atomic E-state index is 13.1. The third-order valence-electron chi connectivity index (χ3n) is 7.87. The van der Waals surface area contributed by atoms with Gasteiger partial charge in [0.15, 0.2) is 0 Å². The molecule has 4 aliphatic carbocycles. The van der Waals surface area contributed by atoms with Gasteiger partial charge in [0, 0.05) is 36.4 Å². The Labute approximate surface area is 183 Å². The van der Waals surface area contributed by atoms with Crippen molar-refractivity contribution in [3.05, 3.63) is 22.4 Å². The molecule has 5 fully saturated rings. The molecule has 0 aromatic carbocycles. The average Bonchev–Trinajstić information content (AvgIpc) is 3.40.